The normalized spacial score (nSPS) is 10.8. The summed E-state index contributed by atoms with van der Waals surface area (Å²) in [5.41, 5.74) is 10.4. The molecule has 2 rings (SSSR count). The third kappa shape index (κ3) is 4.50. The molecule has 0 aliphatic rings. The van der Waals surface area contributed by atoms with E-state index in [1.165, 1.54) is 5.56 Å². The summed E-state index contributed by atoms with van der Waals surface area (Å²) in [5.74, 6) is 0. The molecule has 2 aromatic rings. The monoisotopic (exact) mass is 283 g/mol. The largest absolute Gasteiger partial charge is 0.398 e. The number of hydrogen-bond acceptors (Lipinski definition) is 3. The summed E-state index contributed by atoms with van der Waals surface area (Å²) in [6.45, 7) is 8.30. The van der Waals surface area contributed by atoms with Crippen molar-refractivity contribution in [2.24, 2.45) is 0 Å². The first-order valence-corrected chi connectivity index (χ1v) is 7.61. The highest BCUT2D eigenvalue weighted by molar-refractivity contribution is 5.51. The Morgan fingerprint density at radius 2 is 1.76 bits per heavy atom. The van der Waals surface area contributed by atoms with Crippen molar-refractivity contribution in [3.8, 4) is 0 Å². The van der Waals surface area contributed by atoms with Crippen LogP contribution in [-0.4, -0.2) is 18.0 Å². The van der Waals surface area contributed by atoms with Gasteiger partial charge < -0.3 is 11.1 Å². The lowest BCUT2D eigenvalue weighted by Gasteiger charge is -2.18. The molecule has 112 valence electrons. The number of rotatable bonds is 7. The third-order valence-corrected chi connectivity index (χ3v) is 3.77. The molecule has 0 saturated heterocycles. The Labute approximate surface area is 127 Å². The molecule has 3 N–H and O–H groups in total. The van der Waals surface area contributed by atoms with Gasteiger partial charge in [0.1, 0.15) is 0 Å². The van der Waals surface area contributed by atoms with Crippen LogP contribution in [0.3, 0.4) is 0 Å². The van der Waals surface area contributed by atoms with Gasteiger partial charge in [0.15, 0.2) is 0 Å². The molecule has 0 bridgehead atoms. The van der Waals surface area contributed by atoms with Crippen LogP contribution in [0.4, 0.5) is 11.4 Å². The van der Waals surface area contributed by atoms with E-state index in [1.807, 2.05) is 18.2 Å². The number of para-hydroxylation sites is 1. The van der Waals surface area contributed by atoms with Crippen molar-refractivity contribution in [3.63, 3.8) is 0 Å². The summed E-state index contributed by atoms with van der Waals surface area (Å²) >= 11 is 0. The van der Waals surface area contributed by atoms with Crippen molar-refractivity contribution >= 4 is 11.4 Å². The van der Waals surface area contributed by atoms with E-state index in [0.29, 0.717) is 0 Å². The molecule has 0 amide bonds. The molecule has 0 radical (unpaired) electrons. The molecule has 0 fully saturated rings. The van der Waals surface area contributed by atoms with Crippen LogP contribution in [0, 0.1) is 0 Å². The van der Waals surface area contributed by atoms with Gasteiger partial charge in [-0.05, 0) is 42.4 Å². The van der Waals surface area contributed by atoms with Gasteiger partial charge in [0.25, 0.3) is 0 Å². The molecule has 0 aliphatic carbocycles. The van der Waals surface area contributed by atoms with Gasteiger partial charge in [0, 0.05) is 24.5 Å². The highest BCUT2D eigenvalue weighted by atomic mass is 15.1. The second kappa shape index (κ2) is 7.70. The molecule has 0 heterocycles. The van der Waals surface area contributed by atoms with Gasteiger partial charge in [-0.15, -0.1) is 0 Å². The van der Waals surface area contributed by atoms with Crippen LogP contribution in [-0.2, 0) is 13.1 Å². The van der Waals surface area contributed by atoms with Gasteiger partial charge >= 0.3 is 0 Å². The van der Waals surface area contributed by atoms with E-state index in [2.05, 4.69) is 54.4 Å². The molecule has 0 saturated carbocycles. The van der Waals surface area contributed by atoms with E-state index >= 15 is 0 Å². The second-order valence-corrected chi connectivity index (χ2v) is 5.21. The van der Waals surface area contributed by atoms with Crippen molar-refractivity contribution in [3.05, 3.63) is 59.7 Å². The van der Waals surface area contributed by atoms with Gasteiger partial charge in [-0.3, -0.25) is 4.90 Å². The van der Waals surface area contributed by atoms with Crippen molar-refractivity contribution in [1.82, 2.24) is 4.90 Å². The summed E-state index contributed by atoms with van der Waals surface area (Å²) in [6.07, 6.45) is 0. The summed E-state index contributed by atoms with van der Waals surface area (Å²) in [4.78, 5) is 2.41. The lowest BCUT2D eigenvalue weighted by Crippen LogP contribution is -2.22. The van der Waals surface area contributed by atoms with Gasteiger partial charge in [0.05, 0.1) is 0 Å². The third-order valence-electron chi connectivity index (χ3n) is 3.77. The van der Waals surface area contributed by atoms with E-state index in [0.717, 1.165) is 43.1 Å². The zero-order valence-corrected chi connectivity index (χ0v) is 13.0. The van der Waals surface area contributed by atoms with E-state index in [9.17, 15) is 0 Å². The molecule has 0 unspecified atom stereocenters. The molecule has 21 heavy (non-hydrogen) atoms. The highest BCUT2D eigenvalue weighted by Crippen LogP contribution is 2.16. The molecule has 0 aliphatic heterocycles. The van der Waals surface area contributed by atoms with Crippen molar-refractivity contribution in [2.45, 2.75) is 26.9 Å². The van der Waals surface area contributed by atoms with Crippen LogP contribution < -0.4 is 11.1 Å². The number of benzene rings is 2. The van der Waals surface area contributed by atoms with Crippen LogP contribution >= 0.6 is 0 Å². The zero-order chi connectivity index (χ0) is 15.1. The number of anilines is 2. The Morgan fingerprint density at radius 3 is 2.48 bits per heavy atom. The van der Waals surface area contributed by atoms with Crippen LogP contribution in [0.25, 0.3) is 0 Å². The molecule has 0 spiro atoms. The molecule has 0 aromatic heterocycles. The Kier molecular flexibility index (Phi) is 5.64. The number of nitrogens with one attached hydrogen (secondary N) is 1. The predicted molar refractivity (Wildman–Crippen MR) is 91.2 cm³/mol. The van der Waals surface area contributed by atoms with Gasteiger partial charge in [-0.1, -0.05) is 44.2 Å². The number of nitrogens with zero attached hydrogens (tertiary/aromatic N) is 1. The minimum absolute atomic E-state index is 0.751. The lowest BCUT2D eigenvalue weighted by molar-refractivity contribution is 0.296. The van der Waals surface area contributed by atoms with Gasteiger partial charge in [-0.2, -0.15) is 0 Å². The summed E-state index contributed by atoms with van der Waals surface area (Å²) in [7, 11) is 0. The Morgan fingerprint density at radius 1 is 1.00 bits per heavy atom. The minimum Gasteiger partial charge on any atom is -0.398 e. The average molecular weight is 283 g/mol. The molecular formula is C18H25N3. The summed E-state index contributed by atoms with van der Waals surface area (Å²) in [5, 5.41) is 3.45. The van der Waals surface area contributed by atoms with Gasteiger partial charge in [0.2, 0.25) is 0 Å². The predicted octanol–water partition coefficient (Wildman–Crippen LogP) is 3.72. The molecule has 3 heteroatoms. The topological polar surface area (TPSA) is 41.3 Å². The van der Waals surface area contributed by atoms with Crippen LogP contribution in [0.1, 0.15) is 25.0 Å². The fourth-order valence-corrected chi connectivity index (χ4v) is 2.38. The Balaban J connectivity index is 1.99. The standard InChI is InChI=1S/C18H25N3/c1-3-21(4-2)14-15-8-7-10-17(12-15)20-13-16-9-5-6-11-18(16)19/h5-12,20H,3-4,13-14,19H2,1-2H3. The molecule has 2 aromatic carbocycles. The van der Waals surface area contributed by atoms with Crippen molar-refractivity contribution in [2.75, 3.05) is 24.1 Å². The van der Waals surface area contributed by atoms with E-state index in [-0.39, 0.29) is 0 Å². The average Bonchev–Trinajstić information content (AvgIpc) is 2.52. The summed E-state index contributed by atoms with van der Waals surface area (Å²) < 4.78 is 0. The van der Waals surface area contributed by atoms with Crippen LogP contribution in [0.5, 0.6) is 0 Å². The first-order valence-electron chi connectivity index (χ1n) is 7.61. The molecule has 0 atom stereocenters. The molecule has 3 nitrogen and oxygen atoms in total. The fourth-order valence-electron chi connectivity index (χ4n) is 2.38. The maximum Gasteiger partial charge on any atom is 0.0421 e. The smallest absolute Gasteiger partial charge is 0.0421 e. The summed E-state index contributed by atoms with van der Waals surface area (Å²) in [6, 6.07) is 16.6. The minimum atomic E-state index is 0.751. The van der Waals surface area contributed by atoms with E-state index in [1.54, 1.807) is 0 Å². The SMILES string of the molecule is CCN(CC)Cc1cccc(NCc2ccccc2N)c1. The van der Waals surface area contributed by atoms with Crippen molar-refractivity contribution in [1.29, 1.82) is 0 Å². The number of hydrogen-bond donors (Lipinski definition) is 2. The van der Waals surface area contributed by atoms with E-state index in [4.69, 9.17) is 5.73 Å². The van der Waals surface area contributed by atoms with Crippen LogP contribution in [0.15, 0.2) is 48.5 Å². The fraction of sp³-hybridized carbons (Fsp3) is 0.333. The second-order valence-electron chi connectivity index (χ2n) is 5.21. The number of nitrogen functional groups attached to an aromatic ring is 1. The zero-order valence-electron chi connectivity index (χ0n) is 13.0. The number of nitrogens with two attached hydrogens (primary N) is 1. The lowest BCUT2D eigenvalue weighted by atomic mass is 10.1. The molecular weight excluding hydrogens is 258 g/mol. The van der Waals surface area contributed by atoms with Crippen LogP contribution in [0.2, 0.25) is 0 Å². The Hall–Kier alpha value is -2.00. The van der Waals surface area contributed by atoms with E-state index < -0.39 is 0 Å². The first-order chi connectivity index (χ1) is 10.2. The maximum atomic E-state index is 5.97. The maximum absolute atomic E-state index is 5.97. The van der Waals surface area contributed by atoms with Crippen molar-refractivity contribution < 1.29 is 0 Å². The first kappa shape index (κ1) is 15.4. The quantitative estimate of drug-likeness (QED) is 0.761. The Bertz CT molecular complexity index is 562. The highest BCUT2D eigenvalue weighted by Gasteiger charge is 2.02. The van der Waals surface area contributed by atoms with Gasteiger partial charge in [-0.25, -0.2) is 0 Å².